The van der Waals surface area contributed by atoms with E-state index in [0.29, 0.717) is 0 Å². The minimum Gasteiger partial charge on any atom is -0.368 e. The second-order valence-electron chi connectivity index (χ2n) is 2.41. The van der Waals surface area contributed by atoms with Crippen molar-refractivity contribution >= 4 is 5.91 Å². The zero-order valence-electron chi connectivity index (χ0n) is 6.55. The SMILES string of the molecule is CC(C(N)=O)N(C)CC(F)F. The van der Waals surface area contributed by atoms with Gasteiger partial charge in [0.15, 0.2) is 0 Å². The molecule has 0 aromatic heterocycles. The first-order chi connectivity index (χ1) is 4.95. The number of nitrogens with zero attached hydrogens (tertiary/aromatic N) is 1. The predicted molar refractivity (Wildman–Crippen MR) is 37.3 cm³/mol. The number of hydrogen-bond acceptors (Lipinski definition) is 2. The lowest BCUT2D eigenvalue weighted by Crippen LogP contribution is -2.42. The van der Waals surface area contributed by atoms with Gasteiger partial charge in [-0.05, 0) is 14.0 Å². The number of alkyl halides is 2. The van der Waals surface area contributed by atoms with Crippen LogP contribution in [0.1, 0.15) is 6.92 Å². The highest BCUT2D eigenvalue weighted by Crippen LogP contribution is 1.99. The van der Waals surface area contributed by atoms with Gasteiger partial charge in [0.05, 0.1) is 12.6 Å². The lowest BCUT2D eigenvalue weighted by atomic mass is 10.3. The van der Waals surface area contributed by atoms with Crippen LogP contribution in [-0.4, -0.2) is 36.9 Å². The second-order valence-corrected chi connectivity index (χ2v) is 2.41. The number of amides is 1. The molecule has 0 saturated heterocycles. The van der Waals surface area contributed by atoms with Crippen LogP contribution in [-0.2, 0) is 4.79 Å². The fourth-order valence-electron chi connectivity index (χ4n) is 0.593. The van der Waals surface area contributed by atoms with Crippen LogP contribution in [0.25, 0.3) is 0 Å². The molecule has 0 aliphatic carbocycles. The summed E-state index contributed by atoms with van der Waals surface area (Å²) in [6.07, 6.45) is -2.43. The molecule has 0 saturated carbocycles. The molecule has 11 heavy (non-hydrogen) atoms. The van der Waals surface area contributed by atoms with Crippen LogP contribution in [0, 0.1) is 0 Å². The van der Waals surface area contributed by atoms with E-state index in [1.165, 1.54) is 18.9 Å². The Morgan fingerprint density at radius 1 is 1.64 bits per heavy atom. The monoisotopic (exact) mass is 166 g/mol. The summed E-state index contributed by atoms with van der Waals surface area (Å²) in [5, 5.41) is 0. The van der Waals surface area contributed by atoms with E-state index in [-0.39, 0.29) is 0 Å². The molecule has 0 bridgehead atoms. The van der Waals surface area contributed by atoms with E-state index in [1.807, 2.05) is 0 Å². The van der Waals surface area contributed by atoms with Crippen molar-refractivity contribution < 1.29 is 13.6 Å². The van der Waals surface area contributed by atoms with Gasteiger partial charge in [-0.2, -0.15) is 0 Å². The highest BCUT2D eigenvalue weighted by Gasteiger charge is 2.17. The largest absolute Gasteiger partial charge is 0.368 e. The Kier molecular flexibility index (Phi) is 3.95. The minimum absolute atomic E-state index is 0.426. The number of carbonyl (C=O) groups is 1. The smallest absolute Gasteiger partial charge is 0.251 e. The maximum absolute atomic E-state index is 11.7. The molecule has 1 unspecified atom stereocenters. The molecule has 3 nitrogen and oxygen atoms in total. The van der Waals surface area contributed by atoms with Crippen LogP contribution >= 0.6 is 0 Å². The number of rotatable bonds is 4. The van der Waals surface area contributed by atoms with Gasteiger partial charge in [-0.1, -0.05) is 0 Å². The molecule has 66 valence electrons. The van der Waals surface area contributed by atoms with E-state index in [1.54, 1.807) is 0 Å². The first-order valence-corrected chi connectivity index (χ1v) is 3.23. The molecular formula is C6H12F2N2O. The Balaban J connectivity index is 3.82. The number of carbonyl (C=O) groups excluding carboxylic acids is 1. The van der Waals surface area contributed by atoms with Gasteiger partial charge >= 0.3 is 0 Å². The van der Waals surface area contributed by atoms with Crippen molar-refractivity contribution in [3.05, 3.63) is 0 Å². The molecule has 1 amide bonds. The third kappa shape index (κ3) is 3.87. The Morgan fingerprint density at radius 3 is 2.36 bits per heavy atom. The number of halogens is 2. The van der Waals surface area contributed by atoms with Crippen LogP contribution in [0.5, 0.6) is 0 Å². The average Bonchev–Trinajstić information content (AvgIpc) is 1.84. The Labute approximate surface area is 64.2 Å². The van der Waals surface area contributed by atoms with Crippen LogP contribution in [0.15, 0.2) is 0 Å². The zero-order valence-corrected chi connectivity index (χ0v) is 6.55. The van der Waals surface area contributed by atoms with Crippen molar-refractivity contribution in [3.63, 3.8) is 0 Å². The molecular weight excluding hydrogens is 154 g/mol. The summed E-state index contributed by atoms with van der Waals surface area (Å²) in [6, 6.07) is -0.635. The summed E-state index contributed by atoms with van der Waals surface area (Å²) in [5.74, 6) is -0.590. The standard InChI is InChI=1S/C6H12F2N2O/c1-4(6(9)11)10(2)3-5(7)8/h4-5H,3H2,1-2H3,(H2,9,11). The highest BCUT2D eigenvalue weighted by atomic mass is 19.3. The Hall–Kier alpha value is -0.710. The summed E-state index contributed by atoms with van der Waals surface area (Å²) >= 11 is 0. The first kappa shape index (κ1) is 10.3. The van der Waals surface area contributed by atoms with E-state index >= 15 is 0 Å². The van der Waals surface area contributed by atoms with Gasteiger partial charge < -0.3 is 5.73 Å². The molecule has 1 atom stereocenters. The fourth-order valence-corrected chi connectivity index (χ4v) is 0.593. The van der Waals surface area contributed by atoms with E-state index in [9.17, 15) is 13.6 Å². The van der Waals surface area contributed by atoms with Crippen molar-refractivity contribution in [1.82, 2.24) is 4.90 Å². The quantitative estimate of drug-likeness (QED) is 0.641. The van der Waals surface area contributed by atoms with Gasteiger partial charge in [-0.3, -0.25) is 9.69 Å². The molecule has 0 fully saturated rings. The molecule has 2 N–H and O–H groups in total. The van der Waals surface area contributed by atoms with Crippen molar-refractivity contribution in [3.8, 4) is 0 Å². The summed E-state index contributed by atoms with van der Waals surface area (Å²) in [6.45, 7) is 1.06. The molecule has 0 aliphatic heterocycles. The van der Waals surface area contributed by atoms with E-state index in [2.05, 4.69) is 0 Å². The lowest BCUT2D eigenvalue weighted by Gasteiger charge is -2.20. The fraction of sp³-hybridized carbons (Fsp3) is 0.833. The summed E-state index contributed by atoms with van der Waals surface area (Å²) in [7, 11) is 1.43. The number of likely N-dealkylation sites (N-methyl/N-ethyl adjacent to an activating group) is 1. The van der Waals surface area contributed by atoms with Gasteiger partial charge in [-0.25, -0.2) is 8.78 Å². The molecule has 0 rings (SSSR count). The third-order valence-electron chi connectivity index (χ3n) is 1.50. The summed E-state index contributed by atoms with van der Waals surface area (Å²) < 4.78 is 23.4. The van der Waals surface area contributed by atoms with Gasteiger partial charge in [0, 0.05) is 0 Å². The molecule has 5 heteroatoms. The Morgan fingerprint density at radius 2 is 2.09 bits per heavy atom. The van der Waals surface area contributed by atoms with Gasteiger partial charge in [0.25, 0.3) is 6.43 Å². The molecule has 0 spiro atoms. The second kappa shape index (κ2) is 4.23. The number of hydrogen-bond donors (Lipinski definition) is 1. The van der Waals surface area contributed by atoms with Crippen molar-refractivity contribution in [2.75, 3.05) is 13.6 Å². The normalized spacial score (nSPS) is 14.0. The molecule has 0 heterocycles. The van der Waals surface area contributed by atoms with E-state index in [0.717, 1.165) is 0 Å². The van der Waals surface area contributed by atoms with Crippen LogP contribution in [0.4, 0.5) is 8.78 Å². The first-order valence-electron chi connectivity index (χ1n) is 3.23. The maximum atomic E-state index is 11.7. The lowest BCUT2D eigenvalue weighted by molar-refractivity contribution is -0.122. The van der Waals surface area contributed by atoms with Gasteiger partial charge in [-0.15, -0.1) is 0 Å². The molecule has 0 aliphatic rings. The Bertz CT molecular complexity index is 141. The predicted octanol–water partition coefficient (Wildman–Crippen LogP) is 0.0571. The molecule has 0 aromatic rings. The topological polar surface area (TPSA) is 46.3 Å². The average molecular weight is 166 g/mol. The van der Waals surface area contributed by atoms with Gasteiger partial charge in [0.2, 0.25) is 5.91 Å². The minimum atomic E-state index is -2.43. The van der Waals surface area contributed by atoms with E-state index < -0.39 is 24.9 Å². The van der Waals surface area contributed by atoms with Crippen molar-refractivity contribution in [1.29, 1.82) is 0 Å². The molecule has 0 aromatic carbocycles. The van der Waals surface area contributed by atoms with Crippen molar-refractivity contribution in [2.24, 2.45) is 5.73 Å². The third-order valence-corrected chi connectivity index (χ3v) is 1.50. The van der Waals surface area contributed by atoms with Crippen LogP contribution in [0.2, 0.25) is 0 Å². The van der Waals surface area contributed by atoms with Crippen molar-refractivity contribution in [2.45, 2.75) is 19.4 Å². The van der Waals surface area contributed by atoms with Crippen LogP contribution in [0.3, 0.4) is 0 Å². The molecule has 0 radical (unpaired) electrons. The number of primary amides is 1. The summed E-state index contributed by atoms with van der Waals surface area (Å²) in [5.41, 5.74) is 4.89. The highest BCUT2D eigenvalue weighted by molar-refractivity contribution is 5.79. The zero-order chi connectivity index (χ0) is 9.02. The van der Waals surface area contributed by atoms with Crippen LogP contribution < -0.4 is 5.73 Å². The maximum Gasteiger partial charge on any atom is 0.251 e. The van der Waals surface area contributed by atoms with E-state index in [4.69, 9.17) is 5.73 Å². The van der Waals surface area contributed by atoms with Gasteiger partial charge in [0.1, 0.15) is 0 Å². The number of nitrogens with two attached hydrogens (primary N) is 1. The summed E-state index contributed by atoms with van der Waals surface area (Å²) in [4.78, 5) is 11.7.